The van der Waals surface area contributed by atoms with Crippen LogP contribution in [0, 0.1) is 0 Å². The average molecular weight is 537 g/mol. The molecule has 0 spiro atoms. The minimum atomic E-state index is -0.740. The molecule has 2 fully saturated rings. The van der Waals surface area contributed by atoms with E-state index in [2.05, 4.69) is 20.1 Å². The maximum Gasteiger partial charge on any atom is 0.255 e. The van der Waals surface area contributed by atoms with Gasteiger partial charge in [-0.25, -0.2) is 4.98 Å². The number of rotatable bonds is 11. The SMILES string of the molecule is CN(C(=O)c1ccc(N2CCN(CCCCCOc3ccc(N)cn3)CC2)cc1C=O)C1CCC(=O)NC1=O. The van der Waals surface area contributed by atoms with Crippen LogP contribution in [0.3, 0.4) is 0 Å². The molecule has 208 valence electrons. The molecule has 1 aromatic carbocycles. The molecular weight excluding hydrogens is 500 g/mol. The first-order chi connectivity index (χ1) is 18.9. The van der Waals surface area contributed by atoms with Crippen molar-refractivity contribution in [2.75, 3.05) is 57.0 Å². The number of nitrogens with zero attached hydrogens (tertiary/aromatic N) is 4. The molecule has 2 aliphatic rings. The maximum absolute atomic E-state index is 13.1. The van der Waals surface area contributed by atoms with E-state index in [1.807, 2.05) is 6.07 Å². The molecule has 0 bridgehead atoms. The number of pyridine rings is 1. The summed E-state index contributed by atoms with van der Waals surface area (Å²) in [5.74, 6) is -0.657. The van der Waals surface area contributed by atoms with E-state index in [0.29, 0.717) is 24.5 Å². The lowest BCUT2D eigenvalue weighted by atomic mass is 10.0. The van der Waals surface area contributed by atoms with Gasteiger partial charge in [0.15, 0.2) is 6.29 Å². The third-order valence-electron chi connectivity index (χ3n) is 7.26. The Morgan fingerprint density at radius 1 is 1.15 bits per heavy atom. The van der Waals surface area contributed by atoms with E-state index in [9.17, 15) is 19.2 Å². The number of piperazine rings is 1. The Balaban J connectivity index is 1.21. The zero-order valence-corrected chi connectivity index (χ0v) is 22.3. The largest absolute Gasteiger partial charge is 0.478 e. The summed E-state index contributed by atoms with van der Waals surface area (Å²) in [6.45, 7) is 5.14. The predicted molar refractivity (Wildman–Crippen MR) is 147 cm³/mol. The van der Waals surface area contributed by atoms with Crippen LogP contribution in [0.5, 0.6) is 5.88 Å². The number of hydrogen-bond acceptors (Lipinski definition) is 9. The number of nitrogen functional groups attached to an aromatic ring is 1. The van der Waals surface area contributed by atoms with Gasteiger partial charge in [-0.05, 0) is 56.5 Å². The van der Waals surface area contributed by atoms with E-state index in [4.69, 9.17) is 10.5 Å². The second-order valence-corrected chi connectivity index (χ2v) is 9.94. The smallest absolute Gasteiger partial charge is 0.255 e. The molecule has 2 saturated heterocycles. The highest BCUT2D eigenvalue weighted by molar-refractivity contribution is 6.06. The van der Waals surface area contributed by atoms with Gasteiger partial charge < -0.3 is 20.3 Å². The Morgan fingerprint density at radius 3 is 2.64 bits per heavy atom. The van der Waals surface area contributed by atoms with Crippen LogP contribution in [0.25, 0.3) is 0 Å². The average Bonchev–Trinajstić information content (AvgIpc) is 2.95. The number of imide groups is 1. The second kappa shape index (κ2) is 13.2. The van der Waals surface area contributed by atoms with Gasteiger partial charge in [-0.1, -0.05) is 0 Å². The number of anilines is 2. The van der Waals surface area contributed by atoms with Crippen molar-refractivity contribution >= 4 is 35.4 Å². The van der Waals surface area contributed by atoms with Gasteiger partial charge in [-0.2, -0.15) is 0 Å². The Hall–Kier alpha value is -3.99. The van der Waals surface area contributed by atoms with Crippen molar-refractivity contribution in [1.29, 1.82) is 0 Å². The van der Waals surface area contributed by atoms with E-state index in [1.165, 1.54) is 11.9 Å². The van der Waals surface area contributed by atoms with E-state index in [-0.39, 0.29) is 29.9 Å². The zero-order valence-electron chi connectivity index (χ0n) is 22.3. The standard InChI is InChI=1S/C28H36N6O5/c1-32(24-8-9-25(36)31-27(24)37)28(38)23-7-6-22(17-20(23)19-35)34-14-12-33(13-15-34)11-3-2-4-16-39-26-10-5-21(29)18-30-26/h5-7,10,17-19,24H,2-4,8-9,11-16,29H2,1H3,(H,31,36,37). The highest BCUT2D eigenvalue weighted by Gasteiger charge is 2.33. The highest BCUT2D eigenvalue weighted by atomic mass is 16.5. The molecule has 3 heterocycles. The van der Waals surface area contributed by atoms with E-state index in [0.717, 1.165) is 57.7 Å². The molecule has 1 unspecified atom stereocenters. The fourth-order valence-corrected chi connectivity index (χ4v) is 4.92. The van der Waals surface area contributed by atoms with Crippen LogP contribution >= 0.6 is 0 Å². The Kier molecular flexibility index (Phi) is 9.48. The van der Waals surface area contributed by atoms with Crippen molar-refractivity contribution in [3.8, 4) is 5.88 Å². The molecule has 4 rings (SSSR count). The number of piperidine rings is 1. The molecule has 1 aromatic heterocycles. The van der Waals surface area contributed by atoms with Crippen molar-refractivity contribution in [2.24, 2.45) is 0 Å². The normalized spacial score (nSPS) is 18.0. The number of carbonyl (C=O) groups is 4. The summed E-state index contributed by atoms with van der Waals surface area (Å²) in [4.78, 5) is 58.7. The van der Waals surface area contributed by atoms with Crippen LogP contribution in [-0.4, -0.2) is 91.2 Å². The minimum absolute atomic E-state index is 0.177. The first-order valence-electron chi connectivity index (χ1n) is 13.4. The summed E-state index contributed by atoms with van der Waals surface area (Å²) < 4.78 is 5.65. The topological polar surface area (TPSA) is 138 Å². The first kappa shape index (κ1) is 28.0. The molecule has 3 N–H and O–H groups in total. The first-order valence-corrected chi connectivity index (χ1v) is 13.4. The number of likely N-dealkylation sites (N-methyl/N-ethyl adjacent to an activating group) is 1. The van der Waals surface area contributed by atoms with E-state index >= 15 is 0 Å². The summed E-state index contributed by atoms with van der Waals surface area (Å²) in [6.07, 6.45) is 5.83. The van der Waals surface area contributed by atoms with Crippen LogP contribution in [0.2, 0.25) is 0 Å². The van der Waals surface area contributed by atoms with Gasteiger partial charge in [0.1, 0.15) is 6.04 Å². The van der Waals surface area contributed by atoms with Crippen molar-refractivity contribution in [1.82, 2.24) is 20.1 Å². The number of nitrogens with one attached hydrogen (secondary N) is 1. The number of carbonyl (C=O) groups excluding carboxylic acids is 4. The molecule has 0 radical (unpaired) electrons. The maximum atomic E-state index is 13.1. The lowest BCUT2D eigenvalue weighted by Gasteiger charge is -2.36. The number of aromatic nitrogens is 1. The van der Waals surface area contributed by atoms with Gasteiger partial charge in [0, 0.05) is 57.0 Å². The molecule has 3 amide bonds. The molecule has 2 aromatic rings. The molecule has 0 aliphatic carbocycles. The van der Waals surface area contributed by atoms with Crippen LogP contribution in [0.4, 0.5) is 11.4 Å². The van der Waals surface area contributed by atoms with E-state index < -0.39 is 17.9 Å². The monoisotopic (exact) mass is 536 g/mol. The number of hydrogen-bond donors (Lipinski definition) is 2. The lowest BCUT2D eigenvalue weighted by molar-refractivity contribution is -0.136. The van der Waals surface area contributed by atoms with Gasteiger partial charge in [0.05, 0.1) is 24.1 Å². The van der Waals surface area contributed by atoms with E-state index in [1.54, 1.807) is 30.5 Å². The minimum Gasteiger partial charge on any atom is -0.478 e. The Labute approximate surface area is 228 Å². The zero-order chi connectivity index (χ0) is 27.8. The molecule has 2 aliphatic heterocycles. The van der Waals surface area contributed by atoms with Crippen LogP contribution < -0.4 is 20.7 Å². The Morgan fingerprint density at radius 2 is 1.95 bits per heavy atom. The predicted octanol–water partition coefficient (Wildman–Crippen LogP) is 1.72. The van der Waals surface area contributed by atoms with Crippen LogP contribution in [0.1, 0.15) is 52.8 Å². The van der Waals surface area contributed by atoms with Crippen molar-refractivity contribution in [3.63, 3.8) is 0 Å². The molecule has 11 nitrogen and oxygen atoms in total. The summed E-state index contributed by atoms with van der Waals surface area (Å²) in [5.41, 5.74) is 7.68. The molecule has 11 heteroatoms. The highest BCUT2D eigenvalue weighted by Crippen LogP contribution is 2.23. The fraction of sp³-hybridized carbons (Fsp3) is 0.464. The molecule has 0 saturated carbocycles. The number of unbranched alkanes of at least 4 members (excludes halogenated alkanes) is 2. The van der Waals surface area contributed by atoms with Gasteiger partial charge in [0.2, 0.25) is 17.7 Å². The van der Waals surface area contributed by atoms with Crippen LogP contribution in [-0.2, 0) is 9.59 Å². The van der Waals surface area contributed by atoms with Gasteiger partial charge in [0.25, 0.3) is 5.91 Å². The van der Waals surface area contributed by atoms with Gasteiger partial charge in [-0.3, -0.25) is 29.4 Å². The summed E-state index contributed by atoms with van der Waals surface area (Å²) >= 11 is 0. The molecular formula is C28H36N6O5. The number of amides is 3. The lowest BCUT2D eigenvalue weighted by Crippen LogP contribution is -2.53. The summed E-state index contributed by atoms with van der Waals surface area (Å²) in [7, 11) is 1.52. The van der Waals surface area contributed by atoms with Crippen molar-refractivity contribution in [3.05, 3.63) is 47.7 Å². The fourth-order valence-electron chi connectivity index (χ4n) is 4.92. The van der Waals surface area contributed by atoms with Gasteiger partial charge in [-0.15, -0.1) is 0 Å². The number of aldehydes is 1. The summed E-state index contributed by atoms with van der Waals surface area (Å²) in [6, 6.07) is 8.05. The van der Waals surface area contributed by atoms with Crippen molar-refractivity contribution in [2.45, 2.75) is 38.1 Å². The molecule has 1 atom stereocenters. The molecule has 39 heavy (non-hydrogen) atoms. The van der Waals surface area contributed by atoms with Crippen molar-refractivity contribution < 1.29 is 23.9 Å². The second-order valence-electron chi connectivity index (χ2n) is 9.94. The number of benzene rings is 1. The number of ether oxygens (including phenoxy) is 1. The number of nitrogens with two attached hydrogens (primary N) is 1. The third-order valence-corrected chi connectivity index (χ3v) is 7.26. The summed E-state index contributed by atoms with van der Waals surface area (Å²) in [5, 5.41) is 2.27. The van der Waals surface area contributed by atoms with Gasteiger partial charge >= 0.3 is 0 Å². The quantitative estimate of drug-likeness (QED) is 0.250. The van der Waals surface area contributed by atoms with Crippen LogP contribution in [0.15, 0.2) is 36.5 Å². The Bertz CT molecular complexity index is 1180. The third kappa shape index (κ3) is 7.32.